The second-order valence-electron chi connectivity index (χ2n) is 6.89. The number of likely N-dealkylation sites (tertiary alicyclic amines) is 1. The van der Waals surface area contributed by atoms with Gasteiger partial charge in [0, 0.05) is 19.6 Å². The second-order valence-corrected chi connectivity index (χ2v) is 6.89. The highest BCUT2D eigenvalue weighted by atomic mass is 15.3. The molecule has 1 aliphatic heterocycles. The summed E-state index contributed by atoms with van der Waals surface area (Å²) in [4.78, 5) is 2.56. The van der Waals surface area contributed by atoms with E-state index in [2.05, 4.69) is 55.8 Å². The minimum atomic E-state index is 0.757. The maximum Gasteiger partial charge on any atom is 0.200 e. The molecule has 130 valence electrons. The van der Waals surface area contributed by atoms with Crippen LogP contribution in [0, 0.1) is 12.8 Å². The molecule has 25 heavy (non-hydrogen) atoms. The van der Waals surface area contributed by atoms with E-state index in [-0.39, 0.29) is 0 Å². The summed E-state index contributed by atoms with van der Waals surface area (Å²) in [6.07, 6.45) is 4.10. The Kier molecular flexibility index (Phi) is 4.61. The third-order valence-electron chi connectivity index (χ3n) is 4.88. The van der Waals surface area contributed by atoms with Gasteiger partial charge in [-0.3, -0.25) is 4.90 Å². The Labute approximate surface area is 147 Å². The van der Waals surface area contributed by atoms with E-state index in [1.54, 1.807) is 10.8 Å². The summed E-state index contributed by atoms with van der Waals surface area (Å²) in [5.41, 5.74) is 4.18. The molecule has 1 atom stereocenters. The molecule has 1 aromatic carbocycles. The molecule has 4 rings (SSSR count). The number of nitrogens with zero attached hydrogens (tertiary/aromatic N) is 5. The molecule has 2 aromatic heterocycles. The summed E-state index contributed by atoms with van der Waals surface area (Å²) in [5.74, 6) is 0.757. The topological polar surface area (TPSA) is 58.3 Å². The van der Waals surface area contributed by atoms with Crippen molar-refractivity contribution in [2.75, 3.05) is 25.0 Å². The standard InChI is InChI=1S/C19H24N6/c1-15-11-18(19-22-21-14-25(19)23-15)20-9-7-17-8-10-24(13-17)12-16-5-3-2-4-6-16/h2-6,11,14,17,20H,7-10,12-13H2,1H3. The SMILES string of the molecule is Cc1cc(NCCC2CCN(Cc3ccccc3)C2)c2nncn2n1. The molecule has 1 N–H and O–H groups in total. The number of rotatable bonds is 6. The van der Waals surface area contributed by atoms with Crippen LogP contribution in [0.25, 0.3) is 5.65 Å². The predicted octanol–water partition coefficient (Wildman–Crippen LogP) is 2.76. The zero-order chi connectivity index (χ0) is 17.1. The molecule has 0 bridgehead atoms. The molecular weight excluding hydrogens is 312 g/mol. The van der Waals surface area contributed by atoms with Gasteiger partial charge in [0.05, 0.1) is 11.4 Å². The minimum Gasteiger partial charge on any atom is -0.382 e. The number of benzene rings is 1. The number of anilines is 1. The van der Waals surface area contributed by atoms with Gasteiger partial charge in [0.2, 0.25) is 5.65 Å². The Hall–Kier alpha value is -2.47. The quantitative estimate of drug-likeness (QED) is 0.750. The van der Waals surface area contributed by atoms with Gasteiger partial charge >= 0.3 is 0 Å². The van der Waals surface area contributed by atoms with Crippen LogP contribution >= 0.6 is 0 Å². The van der Waals surface area contributed by atoms with Crippen LogP contribution in [-0.4, -0.2) is 44.3 Å². The third kappa shape index (κ3) is 3.79. The number of nitrogens with one attached hydrogen (secondary N) is 1. The maximum absolute atomic E-state index is 4.38. The molecule has 1 fully saturated rings. The zero-order valence-corrected chi connectivity index (χ0v) is 14.6. The van der Waals surface area contributed by atoms with Crippen LogP contribution in [0.1, 0.15) is 24.1 Å². The number of fused-ring (bicyclic) bond motifs is 1. The van der Waals surface area contributed by atoms with E-state index in [1.807, 2.05) is 13.0 Å². The van der Waals surface area contributed by atoms with E-state index in [0.717, 1.165) is 36.0 Å². The van der Waals surface area contributed by atoms with Crippen LogP contribution in [0.5, 0.6) is 0 Å². The summed E-state index contributed by atoms with van der Waals surface area (Å²) >= 11 is 0. The highest BCUT2D eigenvalue weighted by Gasteiger charge is 2.22. The Morgan fingerprint density at radius 2 is 2.12 bits per heavy atom. The lowest BCUT2D eigenvalue weighted by Crippen LogP contribution is -2.20. The number of hydrogen-bond acceptors (Lipinski definition) is 5. The van der Waals surface area contributed by atoms with Gasteiger partial charge in [-0.05, 0) is 43.9 Å². The van der Waals surface area contributed by atoms with Crippen molar-refractivity contribution in [1.29, 1.82) is 0 Å². The molecule has 6 nitrogen and oxygen atoms in total. The van der Waals surface area contributed by atoms with Crippen molar-refractivity contribution in [3.05, 3.63) is 54.0 Å². The molecule has 3 aromatic rings. The maximum atomic E-state index is 4.38. The Morgan fingerprint density at radius 3 is 3.00 bits per heavy atom. The molecular formula is C19H24N6. The van der Waals surface area contributed by atoms with E-state index < -0.39 is 0 Å². The summed E-state index contributed by atoms with van der Waals surface area (Å²) in [5, 5.41) is 16.0. The first-order valence-electron chi connectivity index (χ1n) is 8.96. The van der Waals surface area contributed by atoms with E-state index in [0.29, 0.717) is 0 Å². The van der Waals surface area contributed by atoms with Gasteiger partial charge in [-0.1, -0.05) is 30.3 Å². The fourth-order valence-corrected chi connectivity index (χ4v) is 3.63. The Morgan fingerprint density at radius 1 is 1.24 bits per heavy atom. The van der Waals surface area contributed by atoms with Crippen LogP contribution in [0.15, 0.2) is 42.7 Å². The lowest BCUT2D eigenvalue weighted by molar-refractivity contribution is 0.314. The van der Waals surface area contributed by atoms with Gasteiger partial charge in [-0.2, -0.15) is 9.61 Å². The van der Waals surface area contributed by atoms with Crippen LogP contribution in [0.2, 0.25) is 0 Å². The van der Waals surface area contributed by atoms with Crippen molar-refractivity contribution in [2.24, 2.45) is 5.92 Å². The average molecular weight is 336 g/mol. The van der Waals surface area contributed by atoms with Crippen molar-refractivity contribution in [1.82, 2.24) is 24.7 Å². The van der Waals surface area contributed by atoms with Gasteiger partial charge in [-0.15, -0.1) is 10.2 Å². The molecule has 0 saturated carbocycles. The Bertz CT molecular complexity index is 828. The predicted molar refractivity (Wildman–Crippen MR) is 98.5 cm³/mol. The van der Waals surface area contributed by atoms with Gasteiger partial charge in [0.15, 0.2) is 0 Å². The average Bonchev–Trinajstić information content (AvgIpc) is 3.25. The van der Waals surface area contributed by atoms with Crippen molar-refractivity contribution < 1.29 is 0 Å². The number of aryl methyl sites for hydroxylation is 1. The van der Waals surface area contributed by atoms with E-state index in [4.69, 9.17) is 0 Å². The first kappa shape index (κ1) is 16.0. The monoisotopic (exact) mass is 336 g/mol. The highest BCUT2D eigenvalue weighted by Crippen LogP contribution is 2.22. The fraction of sp³-hybridized carbons (Fsp3) is 0.421. The van der Waals surface area contributed by atoms with Crippen molar-refractivity contribution >= 4 is 11.3 Å². The summed E-state index contributed by atoms with van der Waals surface area (Å²) in [6, 6.07) is 12.8. The zero-order valence-electron chi connectivity index (χ0n) is 14.6. The molecule has 6 heteroatoms. The van der Waals surface area contributed by atoms with Crippen LogP contribution < -0.4 is 5.32 Å². The van der Waals surface area contributed by atoms with Crippen molar-refractivity contribution in [3.63, 3.8) is 0 Å². The largest absolute Gasteiger partial charge is 0.382 e. The number of hydrogen-bond donors (Lipinski definition) is 1. The minimum absolute atomic E-state index is 0.757. The summed E-state index contributed by atoms with van der Waals surface area (Å²) in [6.45, 7) is 6.39. The van der Waals surface area contributed by atoms with Crippen molar-refractivity contribution in [2.45, 2.75) is 26.3 Å². The van der Waals surface area contributed by atoms with Gasteiger partial charge in [0.1, 0.15) is 6.33 Å². The second kappa shape index (κ2) is 7.19. The van der Waals surface area contributed by atoms with Crippen molar-refractivity contribution in [3.8, 4) is 0 Å². The molecule has 3 heterocycles. The normalized spacial score (nSPS) is 18.0. The summed E-state index contributed by atoms with van der Waals surface area (Å²) in [7, 11) is 0. The van der Waals surface area contributed by atoms with E-state index >= 15 is 0 Å². The van der Waals surface area contributed by atoms with Crippen LogP contribution in [-0.2, 0) is 6.54 Å². The first-order chi connectivity index (χ1) is 12.3. The molecule has 1 saturated heterocycles. The highest BCUT2D eigenvalue weighted by molar-refractivity contribution is 5.66. The van der Waals surface area contributed by atoms with E-state index in [1.165, 1.54) is 31.5 Å². The molecule has 1 unspecified atom stereocenters. The first-order valence-corrected chi connectivity index (χ1v) is 8.96. The Balaban J connectivity index is 1.28. The van der Waals surface area contributed by atoms with Crippen LogP contribution in [0.4, 0.5) is 5.69 Å². The summed E-state index contributed by atoms with van der Waals surface area (Å²) < 4.78 is 1.73. The van der Waals surface area contributed by atoms with Crippen LogP contribution in [0.3, 0.4) is 0 Å². The molecule has 0 spiro atoms. The molecule has 0 aliphatic carbocycles. The van der Waals surface area contributed by atoms with Gasteiger partial charge < -0.3 is 5.32 Å². The van der Waals surface area contributed by atoms with E-state index in [9.17, 15) is 0 Å². The van der Waals surface area contributed by atoms with Gasteiger partial charge in [-0.25, -0.2) is 0 Å². The third-order valence-corrected chi connectivity index (χ3v) is 4.88. The lowest BCUT2D eigenvalue weighted by atomic mass is 10.1. The number of aromatic nitrogens is 4. The molecule has 0 amide bonds. The molecule has 1 aliphatic rings. The lowest BCUT2D eigenvalue weighted by Gasteiger charge is -2.16. The smallest absolute Gasteiger partial charge is 0.200 e. The fourth-order valence-electron chi connectivity index (χ4n) is 3.63. The molecule has 0 radical (unpaired) electrons. The van der Waals surface area contributed by atoms with Gasteiger partial charge in [0.25, 0.3) is 0 Å².